The second-order valence-corrected chi connectivity index (χ2v) is 13.2. The van der Waals surface area contributed by atoms with Crippen LogP contribution < -0.4 is 0 Å². The number of carbonyl (C=O) groups excluding carboxylic acids is 5. The average molecular weight is 761 g/mol. The van der Waals surface area contributed by atoms with Crippen molar-refractivity contribution in [2.75, 3.05) is 19.8 Å². The van der Waals surface area contributed by atoms with Crippen molar-refractivity contribution >= 4 is 70.5 Å². The second kappa shape index (κ2) is 16.8. The van der Waals surface area contributed by atoms with Crippen molar-refractivity contribution in [3.8, 4) is 0 Å². The van der Waals surface area contributed by atoms with Gasteiger partial charge in [-0.3, -0.25) is 19.8 Å². The van der Waals surface area contributed by atoms with Crippen LogP contribution in [-0.4, -0.2) is 102 Å². The summed E-state index contributed by atoms with van der Waals surface area (Å²) in [5.41, 5.74) is -1.68. The summed E-state index contributed by atoms with van der Waals surface area (Å²) in [6.07, 6.45) is -9.67. The number of esters is 5. The van der Waals surface area contributed by atoms with Gasteiger partial charge < -0.3 is 42.6 Å². The third-order valence-electron chi connectivity index (χ3n) is 7.10. The number of nitrogens with one attached hydrogen (secondary N) is 1. The Balaban J connectivity index is 1.77. The van der Waals surface area contributed by atoms with Gasteiger partial charge in [-0.15, -0.1) is 0 Å². The van der Waals surface area contributed by atoms with Crippen molar-refractivity contribution in [1.82, 2.24) is 0 Å². The number of rotatable bonds is 11. The minimum atomic E-state index is -2.38. The zero-order valence-corrected chi connectivity index (χ0v) is 29.0. The molecule has 7 atom stereocenters. The lowest BCUT2D eigenvalue weighted by molar-refractivity contribution is -0.292. The molecule has 18 heteroatoms. The molecule has 0 saturated carbocycles. The van der Waals surface area contributed by atoms with Crippen LogP contribution in [0.15, 0.2) is 60.7 Å². The molecule has 2 fully saturated rings. The molecule has 2 aromatic rings. The number of benzene rings is 2. The maximum absolute atomic E-state index is 13.4. The number of hydrogen-bond donors (Lipinski definition) is 1. The van der Waals surface area contributed by atoms with Crippen LogP contribution in [0.5, 0.6) is 0 Å². The van der Waals surface area contributed by atoms with Crippen LogP contribution >= 0.6 is 34.8 Å². The first kappa shape index (κ1) is 38.8. The SMILES string of the molecule is CC(=O)OC[C@@]1(OC(C)=O)CO[C@@H](O[C@@H]2[C@@H](OC(=O)c3ccccc3)[C@@H](OC(=N)C(Cl)(Cl)Cl)OC[C@H]2OC(=O)c2ccccc2)[C@@H]1OC(C)=O. The lowest BCUT2D eigenvalue weighted by Gasteiger charge is -2.42. The van der Waals surface area contributed by atoms with Crippen molar-refractivity contribution in [3.05, 3.63) is 71.8 Å². The van der Waals surface area contributed by atoms with Gasteiger partial charge in [-0.05, 0) is 24.3 Å². The monoisotopic (exact) mass is 759 g/mol. The molecule has 2 heterocycles. The summed E-state index contributed by atoms with van der Waals surface area (Å²) < 4.78 is 48.7. The highest BCUT2D eigenvalue weighted by Crippen LogP contribution is 2.37. The summed E-state index contributed by atoms with van der Waals surface area (Å²) in [6.45, 7) is 1.64. The number of alkyl halides is 3. The van der Waals surface area contributed by atoms with Gasteiger partial charge in [0.25, 0.3) is 3.79 Å². The van der Waals surface area contributed by atoms with E-state index >= 15 is 0 Å². The van der Waals surface area contributed by atoms with Crippen LogP contribution in [0.2, 0.25) is 0 Å². The first-order valence-corrected chi connectivity index (χ1v) is 16.0. The summed E-state index contributed by atoms with van der Waals surface area (Å²) in [7, 11) is 0. The quantitative estimate of drug-likeness (QED) is 0.115. The Bertz CT molecular complexity index is 1560. The van der Waals surface area contributed by atoms with Crippen molar-refractivity contribution < 1.29 is 66.6 Å². The molecule has 2 aliphatic rings. The molecular formula is C32H32Cl3NO14. The number of ether oxygens (including phenoxy) is 9. The number of carbonyl (C=O) groups is 5. The Morgan fingerprint density at radius 3 is 1.86 bits per heavy atom. The average Bonchev–Trinajstić information content (AvgIpc) is 3.37. The first-order chi connectivity index (χ1) is 23.6. The van der Waals surface area contributed by atoms with Gasteiger partial charge >= 0.3 is 29.8 Å². The van der Waals surface area contributed by atoms with Crippen LogP contribution in [0.4, 0.5) is 0 Å². The predicted octanol–water partition coefficient (Wildman–Crippen LogP) is 3.70. The van der Waals surface area contributed by atoms with Gasteiger partial charge in [0, 0.05) is 20.8 Å². The first-order valence-electron chi connectivity index (χ1n) is 14.8. The minimum absolute atomic E-state index is 0.0787. The molecule has 0 aliphatic carbocycles. The third kappa shape index (κ3) is 10.0. The van der Waals surface area contributed by atoms with Gasteiger partial charge in [-0.2, -0.15) is 0 Å². The van der Waals surface area contributed by atoms with Crippen molar-refractivity contribution in [2.45, 2.75) is 67.2 Å². The van der Waals surface area contributed by atoms with Crippen molar-refractivity contribution in [1.29, 1.82) is 5.41 Å². The molecule has 15 nitrogen and oxygen atoms in total. The molecule has 0 radical (unpaired) electrons. The maximum Gasteiger partial charge on any atom is 0.338 e. The molecule has 0 bridgehead atoms. The Hall–Kier alpha value is -3.99. The molecule has 1 N–H and O–H groups in total. The lowest BCUT2D eigenvalue weighted by Crippen LogP contribution is -2.61. The number of hydrogen-bond acceptors (Lipinski definition) is 15. The fourth-order valence-corrected chi connectivity index (χ4v) is 5.10. The van der Waals surface area contributed by atoms with E-state index in [1.807, 2.05) is 0 Å². The number of halogens is 3. The second-order valence-electron chi connectivity index (χ2n) is 10.9. The Morgan fingerprint density at radius 1 is 0.760 bits per heavy atom. The topological polar surface area (TPSA) is 192 Å². The fourth-order valence-electron chi connectivity index (χ4n) is 4.96. The van der Waals surface area contributed by atoms with Crippen LogP contribution in [0.3, 0.4) is 0 Å². The van der Waals surface area contributed by atoms with Crippen LogP contribution in [0.1, 0.15) is 41.5 Å². The molecule has 50 heavy (non-hydrogen) atoms. The highest BCUT2D eigenvalue weighted by Gasteiger charge is 2.59. The van der Waals surface area contributed by atoms with Gasteiger partial charge in [0.1, 0.15) is 12.7 Å². The van der Waals surface area contributed by atoms with Gasteiger partial charge in [0.2, 0.25) is 17.8 Å². The highest BCUT2D eigenvalue weighted by molar-refractivity contribution is 6.76. The minimum Gasteiger partial charge on any atom is -0.461 e. The normalized spacial score (nSPS) is 26.2. The zero-order valence-electron chi connectivity index (χ0n) is 26.7. The molecular weight excluding hydrogens is 729 g/mol. The predicted molar refractivity (Wildman–Crippen MR) is 171 cm³/mol. The van der Waals surface area contributed by atoms with Gasteiger partial charge in [-0.1, -0.05) is 71.2 Å². The van der Waals surface area contributed by atoms with Crippen molar-refractivity contribution in [3.63, 3.8) is 0 Å². The summed E-state index contributed by atoms with van der Waals surface area (Å²) in [5.74, 6) is -5.13. The van der Waals surface area contributed by atoms with Gasteiger partial charge in [0.05, 0.1) is 24.3 Å². The molecule has 2 aliphatic heterocycles. The molecule has 270 valence electrons. The molecule has 2 aromatic carbocycles. The molecule has 0 spiro atoms. The van der Waals surface area contributed by atoms with E-state index in [1.165, 1.54) is 24.3 Å². The zero-order chi connectivity index (χ0) is 36.6. The summed E-state index contributed by atoms with van der Waals surface area (Å²) in [5, 5.41) is 8.15. The maximum atomic E-state index is 13.4. The van der Waals surface area contributed by atoms with Crippen molar-refractivity contribution in [2.24, 2.45) is 0 Å². The largest absolute Gasteiger partial charge is 0.461 e. The Morgan fingerprint density at radius 2 is 1.34 bits per heavy atom. The van der Waals surface area contributed by atoms with E-state index in [9.17, 15) is 24.0 Å². The standard InChI is InChI=1S/C32H32Cl3NO14/c1-17(37)43-15-31(50-19(3)39)16-44-29(25(31)45-18(2)38)48-23-22(46-26(40)20-10-6-4-7-11-20)14-42-28(49-30(36)32(33,34)35)24(23)47-27(41)21-12-8-5-9-13-21/h4-13,22-25,28-29,36H,14-16H2,1-3H3/t22-,23+,24-,25+,28-,29+,31-/m1/s1. The van der Waals surface area contributed by atoms with E-state index in [0.717, 1.165) is 20.8 Å². The summed E-state index contributed by atoms with van der Waals surface area (Å²) in [4.78, 5) is 63.0. The van der Waals surface area contributed by atoms with E-state index in [-0.39, 0.29) is 11.1 Å². The Kier molecular flexibility index (Phi) is 13.0. The van der Waals surface area contributed by atoms with Gasteiger partial charge in [0.15, 0.2) is 24.6 Å². The van der Waals surface area contributed by atoms with E-state index in [4.69, 9.17) is 82.8 Å². The van der Waals surface area contributed by atoms with Gasteiger partial charge in [-0.25, -0.2) is 9.59 Å². The highest BCUT2D eigenvalue weighted by atomic mass is 35.6. The molecule has 0 amide bonds. The lowest BCUT2D eigenvalue weighted by atomic mass is 9.99. The molecule has 2 saturated heterocycles. The summed E-state index contributed by atoms with van der Waals surface area (Å²) >= 11 is 17.6. The van der Waals surface area contributed by atoms with E-state index < -0.39 is 102 Å². The van der Waals surface area contributed by atoms with E-state index in [0.29, 0.717) is 0 Å². The van der Waals surface area contributed by atoms with Crippen LogP contribution in [-0.2, 0) is 57.0 Å². The van der Waals surface area contributed by atoms with E-state index in [1.54, 1.807) is 36.4 Å². The Labute approximate surface area is 300 Å². The van der Waals surface area contributed by atoms with E-state index in [2.05, 4.69) is 0 Å². The van der Waals surface area contributed by atoms with Crippen LogP contribution in [0, 0.1) is 5.41 Å². The summed E-state index contributed by atoms with van der Waals surface area (Å²) in [6, 6.07) is 15.6. The molecule has 0 unspecified atom stereocenters. The molecule has 4 rings (SSSR count). The fraction of sp³-hybridized carbons (Fsp3) is 0.438. The smallest absolute Gasteiger partial charge is 0.338 e. The molecule has 0 aromatic heterocycles. The third-order valence-corrected chi connectivity index (χ3v) is 7.62. The van der Waals surface area contributed by atoms with Crippen LogP contribution in [0.25, 0.3) is 0 Å².